The highest BCUT2D eigenvalue weighted by Crippen LogP contribution is 2.16. The Morgan fingerprint density at radius 3 is 2.82 bits per heavy atom. The number of aliphatic hydroxyl groups excluding tert-OH is 1. The van der Waals surface area contributed by atoms with Gasteiger partial charge in [0.25, 0.3) is 0 Å². The van der Waals surface area contributed by atoms with Crippen molar-refractivity contribution in [3.8, 4) is 5.75 Å². The van der Waals surface area contributed by atoms with Crippen molar-refractivity contribution in [3.63, 3.8) is 0 Å². The minimum atomic E-state index is -0.729. The normalized spacial score (nSPS) is 15.4. The highest BCUT2D eigenvalue weighted by molar-refractivity contribution is 5.69. The monoisotopic (exact) mass is 473 g/mol. The zero-order chi connectivity index (χ0) is 24.2. The van der Waals surface area contributed by atoms with Crippen molar-refractivity contribution in [3.05, 3.63) is 53.9 Å². The molecule has 0 radical (unpaired) electrons. The van der Waals surface area contributed by atoms with E-state index < -0.39 is 6.10 Å². The number of methoxy groups -OCH3 is 1. The second-order valence-corrected chi connectivity index (χ2v) is 8.75. The van der Waals surface area contributed by atoms with Gasteiger partial charge in [-0.1, -0.05) is 19.1 Å². The molecule has 2 aromatic rings. The molecule has 1 fully saturated rings. The van der Waals surface area contributed by atoms with E-state index in [4.69, 9.17) is 14.2 Å². The lowest BCUT2D eigenvalue weighted by molar-refractivity contribution is -0.147. The summed E-state index contributed by atoms with van der Waals surface area (Å²) in [6.07, 6.45) is 2.47. The van der Waals surface area contributed by atoms with Gasteiger partial charge in [0.1, 0.15) is 18.5 Å². The Balaban J connectivity index is 1.62. The number of hydrogen-bond acceptors (Lipinski definition) is 7. The van der Waals surface area contributed by atoms with Gasteiger partial charge in [-0.3, -0.25) is 14.6 Å². The lowest BCUT2D eigenvalue weighted by Gasteiger charge is -2.31. The molecule has 2 heterocycles. The molecule has 34 heavy (non-hydrogen) atoms. The first-order valence-corrected chi connectivity index (χ1v) is 12.2. The Morgan fingerprint density at radius 2 is 2.06 bits per heavy atom. The van der Waals surface area contributed by atoms with Gasteiger partial charge in [0.2, 0.25) is 0 Å². The summed E-state index contributed by atoms with van der Waals surface area (Å²) in [7, 11) is 1.68. The van der Waals surface area contributed by atoms with Gasteiger partial charge in [-0.2, -0.15) is 0 Å². The van der Waals surface area contributed by atoms with Crippen molar-refractivity contribution >= 4 is 5.97 Å². The Kier molecular flexibility index (Phi) is 10.9. The van der Waals surface area contributed by atoms with Crippen LogP contribution in [0.4, 0.5) is 0 Å². The molecule has 3 rings (SSSR count). The fourth-order valence-electron chi connectivity index (χ4n) is 4.10. The van der Waals surface area contributed by atoms with Crippen LogP contribution in [0.2, 0.25) is 0 Å². The lowest BCUT2D eigenvalue weighted by atomic mass is 10.2. The van der Waals surface area contributed by atoms with Gasteiger partial charge in [0.05, 0.1) is 20.3 Å². The molecule has 1 aromatic heterocycles. The van der Waals surface area contributed by atoms with Crippen molar-refractivity contribution in [1.82, 2.24) is 14.4 Å². The molecule has 1 atom stereocenters. The van der Waals surface area contributed by atoms with Crippen LogP contribution >= 0.6 is 0 Å². The number of hydrogen-bond donors (Lipinski definition) is 1. The largest absolute Gasteiger partial charge is 0.497 e. The van der Waals surface area contributed by atoms with Crippen LogP contribution < -0.4 is 4.74 Å². The van der Waals surface area contributed by atoms with Gasteiger partial charge < -0.3 is 23.9 Å². The van der Waals surface area contributed by atoms with Crippen LogP contribution in [0.15, 0.2) is 42.6 Å². The van der Waals surface area contributed by atoms with E-state index in [1.54, 1.807) is 7.11 Å². The third-order valence-corrected chi connectivity index (χ3v) is 5.99. The van der Waals surface area contributed by atoms with Crippen LogP contribution in [0, 0.1) is 0 Å². The van der Waals surface area contributed by atoms with E-state index in [2.05, 4.69) is 38.8 Å². The molecule has 188 valence electrons. The number of carbonyl (C=O) groups excluding carboxylic acids is 1. The average molecular weight is 474 g/mol. The molecule has 1 aromatic carbocycles. The van der Waals surface area contributed by atoms with E-state index in [1.165, 1.54) is 11.3 Å². The van der Waals surface area contributed by atoms with Crippen LogP contribution in [-0.2, 0) is 27.4 Å². The summed E-state index contributed by atoms with van der Waals surface area (Å²) in [4.78, 5) is 16.3. The van der Waals surface area contributed by atoms with E-state index in [1.807, 2.05) is 25.1 Å². The van der Waals surface area contributed by atoms with E-state index in [0.717, 1.165) is 58.1 Å². The third kappa shape index (κ3) is 8.76. The van der Waals surface area contributed by atoms with Gasteiger partial charge in [-0.15, -0.1) is 0 Å². The summed E-state index contributed by atoms with van der Waals surface area (Å²) >= 11 is 0. The first-order chi connectivity index (χ1) is 16.6. The van der Waals surface area contributed by atoms with Crippen LogP contribution in [0.3, 0.4) is 0 Å². The van der Waals surface area contributed by atoms with Crippen molar-refractivity contribution in [2.75, 3.05) is 59.7 Å². The van der Waals surface area contributed by atoms with Gasteiger partial charge in [-0.05, 0) is 36.2 Å². The summed E-state index contributed by atoms with van der Waals surface area (Å²) < 4.78 is 18.3. The zero-order valence-corrected chi connectivity index (χ0v) is 20.5. The Labute approximate surface area is 203 Å². The third-order valence-electron chi connectivity index (χ3n) is 5.99. The maximum atomic E-state index is 11.7. The summed E-state index contributed by atoms with van der Waals surface area (Å²) in [6, 6.07) is 12.3. The SMILES string of the molecule is CCCC(=O)OCC(O)CN(CCN1CCOCC1)Cc1cccn1Cc1cccc(OC)c1. The van der Waals surface area contributed by atoms with Crippen molar-refractivity contribution in [2.24, 2.45) is 0 Å². The smallest absolute Gasteiger partial charge is 0.305 e. The molecule has 1 aliphatic rings. The number of aromatic nitrogens is 1. The summed E-state index contributed by atoms with van der Waals surface area (Å²) in [5, 5.41) is 10.6. The maximum Gasteiger partial charge on any atom is 0.305 e. The zero-order valence-electron chi connectivity index (χ0n) is 20.5. The summed E-state index contributed by atoms with van der Waals surface area (Å²) in [5.41, 5.74) is 2.33. The molecule has 8 nitrogen and oxygen atoms in total. The fraction of sp³-hybridized carbons (Fsp3) is 0.577. The molecule has 0 aliphatic carbocycles. The van der Waals surface area contributed by atoms with E-state index in [9.17, 15) is 9.90 Å². The topological polar surface area (TPSA) is 76.4 Å². The molecule has 1 unspecified atom stereocenters. The predicted octanol–water partition coefficient (Wildman–Crippen LogP) is 2.38. The summed E-state index contributed by atoms with van der Waals surface area (Å²) in [5.74, 6) is 0.590. The van der Waals surface area contributed by atoms with E-state index in [-0.39, 0.29) is 12.6 Å². The second kappa shape index (κ2) is 14.1. The fourth-order valence-corrected chi connectivity index (χ4v) is 4.10. The van der Waals surface area contributed by atoms with Crippen LogP contribution in [0.5, 0.6) is 5.75 Å². The second-order valence-electron chi connectivity index (χ2n) is 8.75. The van der Waals surface area contributed by atoms with Gasteiger partial charge in [0.15, 0.2) is 0 Å². The van der Waals surface area contributed by atoms with E-state index >= 15 is 0 Å². The number of carbonyl (C=O) groups is 1. The van der Waals surface area contributed by atoms with Crippen molar-refractivity contribution in [2.45, 2.75) is 39.0 Å². The summed E-state index contributed by atoms with van der Waals surface area (Å²) in [6.45, 7) is 8.94. The molecule has 0 saturated carbocycles. The van der Waals surface area contributed by atoms with Gasteiger partial charge in [-0.25, -0.2) is 0 Å². The Bertz CT molecular complexity index is 866. The molecule has 1 N–H and O–H groups in total. The minimum Gasteiger partial charge on any atom is -0.497 e. The van der Waals surface area contributed by atoms with Crippen LogP contribution in [-0.4, -0.2) is 91.2 Å². The number of aliphatic hydroxyl groups is 1. The molecule has 1 saturated heterocycles. The highest BCUT2D eigenvalue weighted by Gasteiger charge is 2.18. The first-order valence-electron chi connectivity index (χ1n) is 12.2. The lowest BCUT2D eigenvalue weighted by Crippen LogP contribution is -2.43. The number of rotatable bonds is 14. The van der Waals surface area contributed by atoms with E-state index in [0.29, 0.717) is 19.5 Å². The van der Waals surface area contributed by atoms with Crippen LogP contribution in [0.25, 0.3) is 0 Å². The molecule has 8 heteroatoms. The van der Waals surface area contributed by atoms with Crippen LogP contribution in [0.1, 0.15) is 31.0 Å². The molecule has 0 bridgehead atoms. The molecule has 0 amide bonds. The number of esters is 1. The van der Waals surface area contributed by atoms with Gasteiger partial charge in [0, 0.05) is 64.1 Å². The molecule has 1 aliphatic heterocycles. The van der Waals surface area contributed by atoms with Gasteiger partial charge >= 0.3 is 5.97 Å². The standard InChI is InChI=1S/C26H39N3O5/c1-3-6-26(31)34-21-24(30)20-28(12-11-27-13-15-33-16-14-27)19-23-8-5-10-29(23)18-22-7-4-9-25(17-22)32-2/h4-5,7-10,17,24,30H,3,6,11-16,18-21H2,1-2H3. The quantitative estimate of drug-likeness (QED) is 0.422. The molecule has 0 spiro atoms. The maximum absolute atomic E-state index is 11.7. The number of nitrogens with zero attached hydrogens (tertiary/aromatic N) is 3. The number of ether oxygens (including phenoxy) is 3. The Hall–Kier alpha value is -2.39. The minimum absolute atomic E-state index is 0.0255. The highest BCUT2D eigenvalue weighted by atomic mass is 16.5. The van der Waals surface area contributed by atoms with Crippen molar-refractivity contribution in [1.29, 1.82) is 0 Å². The number of morpholine rings is 1. The molecular weight excluding hydrogens is 434 g/mol. The predicted molar refractivity (Wildman–Crippen MR) is 131 cm³/mol. The first kappa shape index (κ1) is 26.2. The Morgan fingerprint density at radius 1 is 1.24 bits per heavy atom. The van der Waals surface area contributed by atoms with Crippen molar-refractivity contribution < 1.29 is 24.1 Å². The average Bonchev–Trinajstić information content (AvgIpc) is 3.28. The molecular formula is C26H39N3O5. The number of benzene rings is 1.